The molecule has 2 aromatic rings. The van der Waals surface area contributed by atoms with Crippen molar-refractivity contribution in [2.24, 2.45) is 0 Å². The minimum absolute atomic E-state index is 0.246. The molecule has 7 heteroatoms. The maximum atomic E-state index is 12.9. The fourth-order valence-electron chi connectivity index (χ4n) is 1.91. The number of nitrogens with one attached hydrogen (secondary N) is 2. The van der Waals surface area contributed by atoms with Gasteiger partial charge in [-0.1, -0.05) is 0 Å². The lowest BCUT2D eigenvalue weighted by molar-refractivity contribution is 0.102. The molecular formula is C16H19FN4O2. The fourth-order valence-corrected chi connectivity index (χ4v) is 1.91. The zero-order valence-corrected chi connectivity index (χ0v) is 13.1. The first kappa shape index (κ1) is 16.8. The molecule has 0 unspecified atom stereocenters. The highest BCUT2D eigenvalue weighted by Gasteiger charge is 2.11. The number of aromatic nitrogens is 2. The summed E-state index contributed by atoms with van der Waals surface area (Å²) >= 11 is 0. The molecule has 0 bridgehead atoms. The third kappa shape index (κ3) is 5.30. The van der Waals surface area contributed by atoms with Gasteiger partial charge in [-0.2, -0.15) is 0 Å². The van der Waals surface area contributed by atoms with E-state index in [-0.39, 0.29) is 17.4 Å². The van der Waals surface area contributed by atoms with Crippen molar-refractivity contribution in [1.82, 2.24) is 9.97 Å². The van der Waals surface area contributed by atoms with Crippen molar-refractivity contribution in [3.8, 4) is 0 Å². The van der Waals surface area contributed by atoms with Crippen molar-refractivity contribution in [3.05, 3.63) is 47.5 Å². The lowest BCUT2D eigenvalue weighted by Gasteiger charge is -2.09. The number of nitrogens with zero attached hydrogens (tertiary/aromatic N) is 2. The molecule has 6 nitrogen and oxygen atoms in total. The van der Waals surface area contributed by atoms with Gasteiger partial charge in [0.05, 0.1) is 0 Å². The summed E-state index contributed by atoms with van der Waals surface area (Å²) in [6.07, 6.45) is 0.810. The van der Waals surface area contributed by atoms with Gasteiger partial charge in [-0.05, 0) is 43.7 Å². The van der Waals surface area contributed by atoms with E-state index in [1.807, 2.05) is 0 Å². The number of hydrogen-bond acceptors (Lipinski definition) is 5. The molecule has 0 aliphatic rings. The Hall–Kier alpha value is -2.54. The van der Waals surface area contributed by atoms with Crippen molar-refractivity contribution in [2.75, 3.05) is 30.9 Å². The van der Waals surface area contributed by atoms with Crippen molar-refractivity contribution in [1.29, 1.82) is 0 Å². The van der Waals surface area contributed by atoms with Crippen molar-refractivity contribution in [3.63, 3.8) is 0 Å². The van der Waals surface area contributed by atoms with E-state index in [2.05, 4.69) is 20.6 Å². The monoisotopic (exact) mass is 318 g/mol. The molecule has 23 heavy (non-hydrogen) atoms. The van der Waals surface area contributed by atoms with E-state index in [0.29, 0.717) is 30.5 Å². The van der Waals surface area contributed by atoms with Gasteiger partial charge in [0.1, 0.15) is 11.5 Å². The molecule has 2 N–H and O–H groups in total. The molecule has 0 saturated carbocycles. The number of amides is 1. The summed E-state index contributed by atoms with van der Waals surface area (Å²) in [7, 11) is 1.64. The topological polar surface area (TPSA) is 76.1 Å². The van der Waals surface area contributed by atoms with Crippen LogP contribution in [0.4, 0.5) is 16.0 Å². The van der Waals surface area contributed by atoms with E-state index < -0.39 is 0 Å². The lowest BCUT2D eigenvalue weighted by atomic mass is 10.3. The van der Waals surface area contributed by atoms with Gasteiger partial charge in [-0.15, -0.1) is 0 Å². The zero-order chi connectivity index (χ0) is 16.7. The Bertz CT molecular complexity index is 662. The number of carbonyl (C=O) groups excluding carboxylic acids is 1. The third-order valence-corrected chi connectivity index (χ3v) is 3.00. The van der Waals surface area contributed by atoms with Crippen LogP contribution in [0.5, 0.6) is 0 Å². The number of methoxy groups -OCH3 is 1. The molecule has 1 amide bonds. The molecule has 0 aliphatic heterocycles. The van der Waals surface area contributed by atoms with E-state index >= 15 is 0 Å². The Balaban J connectivity index is 2.04. The number of ether oxygens (including phenoxy) is 1. The maximum Gasteiger partial charge on any atom is 0.274 e. The molecule has 0 aliphatic carbocycles. The number of halogens is 1. The molecule has 1 aromatic heterocycles. The molecule has 0 spiro atoms. The zero-order valence-electron chi connectivity index (χ0n) is 13.1. The van der Waals surface area contributed by atoms with Gasteiger partial charge in [0.25, 0.3) is 5.91 Å². The SMILES string of the molecule is COCCCNc1nc(C)cc(C(=O)Nc2ccc(F)cc2)n1. The molecule has 2 rings (SSSR count). The first-order valence-electron chi connectivity index (χ1n) is 7.24. The van der Waals surface area contributed by atoms with E-state index in [9.17, 15) is 9.18 Å². The van der Waals surface area contributed by atoms with Crippen LogP contribution in [0.1, 0.15) is 22.6 Å². The largest absolute Gasteiger partial charge is 0.385 e. The van der Waals surface area contributed by atoms with Crippen LogP contribution in [0.15, 0.2) is 30.3 Å². The molecule has 0 saturated heterocycles. The average Bonchev–Trinajstić information content (AvgIpc) is 2.53. The Morgan fingerprint density at radius 3 is 2.70 bits per heavy atom. The van der Waals surface area contributed by atoms with Crippen molar-refractivity contribution >= 4 is 17.5 Å². The summed E-state index contributed by atoms with van der Waals surface area (Å²) in [4.78, 5) is 20.7. The number of rotatable bonds is 7. The van der Waals surface area contributed by atoms with Crippen molar-refractivity contribution < 1.29 is 13.9 Å². The molecule has 0 fully saturated rings. The van der Waals surface area contributed by atoms with E-state index in [1.165, 1.54) is 24.3 Å². The average molecular weight is 318 g/mol. The first-order valence-corrected chi connectivity index (χ1v) is 7.24. The van der Waals surface area contributed by atoms with Crippen LogP contribution in [0.2, 0.25) is 0 Å². The minimum atomic E-state index is -0.373. The summed E-state index contributed by atoms with van der Waals surface area (Å²) in [6, 6.07) is 7.14. The summed E-state index contributed by atoms with van der Waals surface area (Å²) in [6.45, 7) is 3.07. The normalized spacial score (nSPS) is 10.4. The summed E-state index contributed by atoms with van der Waals surface area (Å²) in [5.41, 5.74) is 1.43. The van der Waals surface area contributed by atoms with Gasteiger partial charge >= 0.3 is 0 Å². The van der Waals surface area contributed by atoms with Crippen LogP contribution in [-0.4, -0.2) is 36.1 Å². The van der Waals surface area contributed by atoms with E-state index in [4.69, 9.17) is 4.74 Å². The number of aryl methyl sites for hydroxylation is 1. The minimum Gasteiger partial charge on any atom is -0.385 e. The summed E-state index contributed by atoms with van der Waals surface area (Å²) < 4.78 is 17.8. The van der Waals surface area contributed by atoms with Gasteiger partial charge in [0, 0.05) is 31.6 Å². The van der Waals surface area contributed by atoms with Crippen molar-refractivity contribution in [2.45, 2.75) is 13.3 Å². The van der Waals surface area contributed by atoms with E-state index in [0.717, 1.165) is 6.42 Å². The highest BCUT2D eigenvalue weighted by atomic mass is 19.1. The van der Waals surface area contributed by atoms with Crippen LogP contribution < -0.4 is 10.6 Å². The van der Waals surface area contributed by atoms with E-state index in [1.54, 1.807) is 20.1 Å². The molecular weight excluding hydrogens is 299 g/mol. The first-order chi connectivity index (χ1) is 11.1. The van der Waals surface area contributed by atoms with Crippen LogP contribution in [0.3, 0.4) is 0 Å². The van der Waals surface area contributed by atoms with Gasteiger partial charge < -0.3 is 15.4 Å². The van der Waals surface area contributed by atoms with Crippen LogP contribution in [0.25, 0.3) is 0 Å². The third-order valence-electron chi connectivity index (χ3n) is 3.00. The van der Waals surface area contributed by atoms with Gasteiger partial charge in [0.15, 0.2) is 0 Å². The highest BCUT2D eigenvalue weighted by molar-refractivity contribution is 6.03. The number of benzene rings is 1. The number of carbonyl (C=O) groups is 1. The predicted octanol–water partition coefficient (Wildman–Crippen LogP) is 2.62. The second kappa shape index (κ2) is 8.19. The predicted molar refractivity (Wildman–Crippen MR) is 86.1 cm³/mol. The molecule has 122 valence electrons. The Kier molecular flexibility index (Phi) is 5.99. The Labute approximate surface area is 134 Å². The highest BCUT2D eigenvalue weighted by Crippen LogP contribution is 2.11. The van der Waals surface area contributed by atoms with Crippen LogP contribution >= 0.6 is 0 Å². The quantitative estimate of drug-likeness (QED) is 0.768. The maximum absolute atomic E-state index is 12.9. The van der Waals surface area contributed by atoms with Gasteiger partial charge in [-0.3, -0.25) is 4.79 Å². The number of hydrogen-bond donors (Lipinski definition) is 2. The smallest absolute Gasteiger partial charge is 0.274 e. The second-order valence-corrected chi connectivity index (χ2v) is 4.95. The van der Waals surface area contributed by atoms with Gasteiger partial charge in [0.2, 0.25) is 5.95 Å². The summed E-state index contributed by atoms with van der Waals surface area (Å²) in [5, 5.41) is 5.73. The Morgan fingerprint density at radius 2 is 2.00 bits per heavy atom. The molecule has 0 radical (unpaired) electrons. The van der Waals surface area contributed by atoms with Gasteiger partial charge in [-0.25, -0.2) is 14.4 Å². The van der Waals surface area contributed by atoms with Crippen LogP contribution in [-0.2, 0) is 4.74 Å². The fraction of sp³-hybridized carbons (Fsp3) is 0.312. The molecule has 1 aromatic carbocycles. The second-order valence-electron chi connectivity index (χ2n) is 4.95. The Morgan fingerprint density at radius 1 is 1.26 bits per heavy atom. The van der Waals surface area contributed by atoms with Crippen LogP contribution in [0, 0.1) is 12.7 Å². The molecule has 0 atom stereocenters. The summed E-state index contributed by atoms with van der Waals surface area (Å²) in [5.74, 6) is -0.337. The number of anilines is 2. The standard InChI is InChI=1S/C16H19FN4O2/c1-11-10-14(21-16(19-11)18-8-3-9-23-2)15(22)20-13-6-4-12(17)5-7-13/h4-7,10H,3,8-9H2,1-2H3,(H,20,22)(H,18,19,21). The molecule has 1 heterocycles. The lowest BCUT2D eigenvalue weighted by Crippen LogP contribution is -2.16.